The number of carboxylic acids is 1. The number of nitrogens with one attached hydrogen (secondary N) is 2. The maximum atomic E-state index is 12.5. The summed E-state index contributed by atoms with van der Waals surface area (Å²) in [6, 6.07) is 18.6. The predicted molar refractivity (Wildman–Crippen MR) is 189 cm³/mol. The zero-order valence-corrected chi connectivity index (χ0v) is 28.7. The molecule has 47 heavy (non-hydrogen) atoms. The Balaban J connectivity index is 0.00000384. The fraction of sp³-hybridized carbons (Fsp3) is 0.226. The standard InChI is InChI=1S/C31H28ClN7O4S2.2ClH/c32-21-5-1-20(2-6-21)30-37-22(17-44-30)18-45-31-25(16-35)28(24(15-34)29(39-31)38-26(40)9-11-33)19-3-7-23(8-4-19)43-14-13-36-12-10-27(41)42;;/h1-8,17,36H,9-14,18,33H2,(H,41,42)(H,38,39,40);2*1H. The third-order valence-electron chi connectivity index (χ3n) is 6.22. The van der Waals surface area contributed by atoms with Gasteiger partial charge in [-0.1, -0.05) is 47.6 Å². The van der Waals surface area contributed by atoms with Crippen molar-refractivity contribution in [2.45, 2.75) is 23.6 Å². The lowest BCUT2D eigenvalue weighted by Gasteiger charge is -2.16. The molecule has 0 bridgehead atoms. The summed E-state index contributed by atoms with van der Waals surface area (Å²) >= 11 is 8.77. The molecule has 0 saturated heterocycles. The molecule has 2 heterocycles. The van der Waals surface area contributed by atoms with Crippen LogP contribution in [-0.4, -0.2) is 53.2 Å². The molecule has 0 unspecified atom stereocenters. The lowest BCUT2D eigenvalue weighted by atomic mass is 9.96. The molecule has 11 nitrogen and oxygen atoms in total. The number of hydrogen-bond acceptors (Lipinski definition) is 11. The summed E-state index contributed by atoms with van der Waals surface area (Å²) in [5.41, 5.74) is 8.41. The highest BCUT2D eigenvalue weighted by molar-refractivity contribution is 7.98. The second-order valence-corrected chi connectivity index (χ2v) is 11.7. The number of carbonyl (C=O) groups is 2. The minimum Gasteiger partial charge on any atom is -0.492 e. The Morgan fingerprint density at radius 1 is 0.979 bits per heavy atom. The minimum atomic E-state index is -0.876. The van der Waals surface area contributed by atoms with E-state index in [1.165, 1.54) is 23.1 Å². The monoisotopic (exact) mass is 733 g/mol. The number of thiazole rings is 1. The average molecular weight is 735 g/mol. The third kappa shape index (κ3) is 11.1. The maximum Gasteiger partial charge on any atom is 0.304 e. The number of nitriles is 2. The molecule has 0 saturated carbocycles. The highest BCUT2D eigenvalue weighted by Gasteiger charge is 2.23. The van der Waals surface area contributed by atoms with E-state index in [0.29, 0.717) is 52.4 Å². The van der Waals surface area contributed by atoms with Crippen molar-refractivity contribution in [3.8, 4) is 39.6 Å². The van der Waals surface area contributed by atoms with Crippen molar-refractivity contribution in [3.63, 3.8) is 0 Å². The van der Waals surface area contributed by atoms with Gasteiger partial charge < -0.3 is 26.2 Å². The molecule has 0 aliphatic carbocycles. The van der Waals surface area contributed by atoms with Crippen molar-refractivity contribution in [1.82, 2.24) is 15.3 Å². The molecule has 2 aromatic carbocycles. The lowest BCUT2D eigenvalue weighted by Crippen LogP contribution is -2.23. The summed E-state index contributed by atoms with van der Waals surface area (Å²) in [6.45, 7) is 1.23. The molecule has 0 aliphatic heterocycles. The summed E-state index contributed by atoms with van der Waals surface area (Å²) in [5, 5.41) is 38.6. The normalized spacial score (nSPS) is 10.1. The van der Waals surface area contributed by atoms with E-state index in [-0.39, 0.29) is 61.1 Å². The first-order valence-electron chi connectivity index (χ1n) is 13.7. The van der Waals surface area contributed by atoms with Crippen LogP contribution in [-0.2, 0) is 15.3 Å². The van der Waals surface area contributed by atoms with Crippen molar-refractivity contribution in [2.24, 2.45) is 5.73 Å². The second-order valence-electron chi connectivity index (χ2n) is 9.41. The first-order chi connectivity index (χ1) is 21.8. The van der Waals surface area contributed by atoms with E-state index in [0.717, 1.165) is 16.3 Å². The zero-order valence-electron chi connectivity index (χ0n) is 24.7. The summed E-state index contributed by atoms with van der Waals surface area (Å²) in [7, 11) is 0. The number of aliphatic carboxylic acids is 1. The van der Waals surface area contributed by atoms with E-state index in [9.17, 15) is 20.1 Å². The largest absolute Gasteiger partial charge is 0.492 e. The number of carboxylic acid groups (broad SMARTS) is 1. The number of ether oxygens (including phenoxy) is 1. The van der Waals surface area contributed by atoms with Crippen LogP contribution in [0.25, 0.3) is 21.7 Å². The van der Waals surface area contributed by atoms with Crippen LogP contribution in [0.3, 0.4) is 0 Å². The van der Waals surface area contributed by atoms with Gasteiger partial charge in [0, 0.05) is 53.3 Å². The van der Waals surface area contributed by atoms with Gasteiger partial charge >= 0.3 is 5.97 Å². The molecule has 0 radical (unpaired) electrons. The average Bonchev–Trinajstić information content (AvgIpc) is 3.51. The fourth-order valence-electron chi connectivity index (χ4n) is 4.11. The summed E-state index contributed by atoms with van der Waals surface area (Å²) in [4.78, 5) is 32.4. The minimum absolute atomic E-state index is 0. The SMILES string of the molecule is Cl.Cl.N#Cc1c(NC(=O)CCN)nc(SCc2csc(-c3ccc(Cl)cc3)n2)c(C#N)c1-c1ccc(OCCNCCC(=O)O)cc1. The van der Waals surface area contributed by atoms with Crippen molar-refractivity contribution in [2.75, 3.05) is 31.6 Å². The molecule has 0 spiro atoms. The van der Waals surface area contributed by atoms with Crippen LogP contribution in [0.2, 0.25) is 5.02 Å². The number of nitrogens with two attached hydrogens (primary N) is 1. The van der Waals surface area contributed by atoms with Gasteiger partial charge in [-0.15, -0.1) is 36.2 Å². The van der Waals surface area contributed by atoms with Crippen molar-refractivity contribution in [3.05, 3.63) is 75.8 Å². The predicted octanol–water partition coefficient (Wildman–Crippen LogP) is 6.14. The van der Waals surface area contributed by atoms with Crippen LogP contribution in [0.1, 0.15) is 29.7 Å². The molecule has 0 fully saturated rings. The van der Waals surface area contributed by atoms with E-state index in [1.54, 1.807) is 36.4 Å². The van der Waals surface area contributed by atoms with Crippen LogP contribution < -0.4 is 21.1 Å². The molecule has 2 aromatic heterocycles. The topological polar surface area (TPSA) is 187 Å². The number of halogens is 3. The number of carbonyl (C=O) groups excluding carboxylic acids is 1. The van der Waals surface area contributed by atoms with E-state index in [4.69, 9.17) is 32.2 Å². The fourth-order valence-corrected chi connectivity index (χ4v) is 6.04. The van der Waals surface area contributed by atoms with E-state index < -0.39 is 11.9 Å². The smallest absolute Gasteiger partial charge is 0.304 e. The van der Waals surface area contributed by atoms with Crippen LogP contribution in [0.5, 0.6) is 5.75 Å². The number of amides is 1. The Labute approximate surface area is 297 Å². The molecule has 0 atom stereocenters. The van der Waals surface area contributed by atoms with Gasteiger partial charge in [0.1, 0.15) is 40.1 Å². The van der Waals surface area contributed by atoms with Gasteiger partial charge in [0.2, 0.25) is 5.91 Å². The Kier molecular flexibility index (Phi) is 16.4. The number of aromatic nitrogens is 2. The molecule has 0 aliphatic rings. The molecule has 4 aromatic rings. The number of benzene rings is 2. The first kappa shape index (κ1) is 39.3. The van der Waals surface area contributed by atoms with Crippen molar-refractivity contribution in [1.29, 1.82) is 10.5 Å². The highest BCUT2D eigenvalue weighted by Crippen LogP contribution is 2.38. The van der Waals surface area contributed by atoms with E-state index in [1.807, 2.05) is 17.5 Å². The summed E-state index contributed by atoms with van der Waals surface area (Å²) < 4.78 is 5.73. The Morgan fingerprint density at radius 3 is 2.30 bits per heavy atom. The van der Waals surface area contributed by atoms with Gasteiger partial charge in [-0.05, 0) is 29.8 Å². The first-order valence-corrected chi connectivity index (χ1v) is 15.9. The van der Waals surface area contributed by atoms with Gasteiger partial charge in [-0.3, -0.25) is 9.59 Å². The van der Waals surface area contributed by atoms with Gasteiger partial charge in [-0.2, -0.15) is 10.5 Å². The quantitative estimate of drug-likeness (QED) is 0.0812. The molecular formula is C31H30Cl3N7O4S2. The maximum absolute atomic E-state index is 12.5. The van der Waals surface area contributed by atoms with Gasteiger partial charge in [0.25, 0.3) is 0 Å². The van der Waals surface area contributed by atoms with Crippen LogP contribution in [0.15, 0.2) is 58.9 Å². The lowest BCUT2D eigenvalue weighted by molar-refractivity contribution is -0.136. The zero-order chi connectivity index (χ0) is 32.2. The second kappa shape index (κ2) is 19.7. The van der Waals surface area contributed by atoms with Gasteiger partial charge in [-0.25, -0.2) is 9.97 Å². The van der Waals surface area contributed by atoms with E-state index >= 15 is 0 Å². The Bertz CT molecular complexity index is 1740. The van der Waals surface area contributed by atoms with Crippen LogP contribution in [0.4, 0.5) is 5.82 Å². The molecule has 5 N–H and O–H groups in total. The van der Waals surface area contributed by atoms with Gasteiger partial charge in [0.05, 0.1) is 17.7 Å². The number of pyridine rings is 1. The number of rotatable bonds is 15. The van der Waals surface area contributed by atoms with Crippen molar-refractivity contribution >= 4 is 77.2 Å². The number of nitrogens with zero attached hydrogens (tertiary/aromatic N) is 4. The summed E-state index contributed by atoms with van der Waals surface area (Å²) in [6.07, 6.45) is 0.0557. The summed E-state index contributed by atoms with van der Waals surface area (Å²) in [5.74, 6) is -0.295. The molecule has 16 heteroatoms. The highest BCUT2D eigenvalue weighted by atomic mass is 35.5. The third-order valence-corrected chi connectivity index (χ3v) is 8.42. The van der Waals surface area contributed by atoms with Crippen LogP contribution in [0, 0.1) is 22.7 Å². The molecule has 246 valence electrons. The van der Waals surface area contributed by atoms with Crippen LogP contribution >= 0.6 is 59.5 Å². The molecule has 1 amide bonds. The number of anilines is 1. The number of hydrogen-bond donors (Lipinski definition) is 4. The Morgan fingerprint density at radius 2 is 1.66 bits per heavy atom. The molecule has 4 rings (SSSR count). The van der Waals surface area contributed by atoms with E-state index in [2.05, 4.69) is 27.8 Å². The Hall–Kier alpha value is -3.92. The van der Waals surface area contributed by atoms with Gasteiger partial charge in [0.15, 0.2) is 5.82 Å². The number of thioether (sulfide) groups is 1. The molecular weight excluding hydrogens is 705 g/mol. The van der Waals surface area contributed by atoms with Crippen molar-refractivity contribution < 1.29 is 19.4 Å².